The number of likely N-dealkylation sites (N-methyl/N-ethyl adjacent to an activating group) is 1. The van der Waals surface area contributed by atoms with Gasteiger partial charge in [-0.3, -0.25) is 4.79 Å². The molecule has 2 N–H and O–H groups in total. The van der Waals surface area contributed by atoms with Gasteiger partial charge in [-0.15, -0.1) is 0 Å². The number of nitrogens with zero attached hydrogens (tertiary/aromatic N) is 3. The molecule has 1 saturated heterocycles. The first-order valence-electron chi connectivity index (χ1n) is 8.42. The van der Waals surface area contributed by atoms with Crippen molar-refractivity contribution in [3.05, 3.63) is 35.7 Å². The highest BCUT2D eigenvalue weighted by molar-refractivity contribution is 6.03. The Morgan fingerprint density at radius 3 is 2.17 bits per heavy atom. The van der Waals surface area contributed by atoms with Gasteiger partial charge in [-0.05, 0) is 12.1 Å². The van der Waals surface area contributed by atoms with E-state index in [9.17, 15) is 10.1 Å². The van der Waals surface area contributed by atoms with Crippen LogP contribution in [0.15, 0.2) is 35.7 Å². The van der Waals surface area contributed by atoms with Gasteiger partial charge in [-0.2, -0.15) is 5.26 Å². The quantitative estimate of drug-likeness (QED) is 0.513. The van der Waals surface area contributed by atoms with Gasteiger partial charge in [-0.25, -0.2) is 0 Å². The summed E-state index contributed by atoms with van der Waals surface area (Å²) in [5.41, 5.74) is 2.30. The van der Waals surface area contributed by atoms with Crippen LogP contribution in [0, 0.1) is 11.3 Å². The van der Waals surface area contributed by atoms with Crippen LogP contribution in [0.5, 0.6) is 0 Å². The lowest BCUT2D eigenvalue weighted by atomic mass is 10.1. The number of piperazine rings is 1. The van der Waals surface area contributed by atoms with Gasteiger partial charge >= 0.3 is 0 Å². The molecule has 2 aliphatic heterocycles. The summed E-state index contributed by atoms with van der Waals surface area (Å²) in [6.07, 6.45) is 0. The highest BCUT2D eigenvalue weighted by Crippen LogP contribution is 2.40. The topological polar surface area (TPSA) is 56.2 Å². The molecule has 0 saturated carbocycles. The zero-order valence-corrected chi connectivity index (χ0v) is 14.6. The molecule has 2 aliphatic rings. The molecule has 0 bridgehead atoms. The Bertz CT molecular complexity index is 681. The van der Waals surface area contributed by atoms with Gasteiger partial charge in [0, 0.05) is 14.1 Å². The van der Waals surface area contributed by atoms with Crippen LogP contribution in [0.25, 0.3) is 0 Å². The molecule has 0 aliphatic carbocycles. The monoisotopic (exact) mass is 327 g/mol. The maximum absolute atomic E-state index is 12.8. The molecular weight excluding hydrogens is 302 g/mol. The molecule has 0 unspecified atom stereocenters. The predicted octanol–water partition coefficient (Wildman–Crippen LogP) is -1.71. The third-order valence-electron chi connectivity index (χ3n) is 5.08. The van der Waals surface area contributed by atoms with E-state index >= 15 is 0 Å². The second-order valence-electron chi connectivity index (χ2n) is 6.72. The zero-order chi connectivity index (χ0) is 17.3. The van der Waals surface area contributed by atoms with Crippen LogP contribution < -0.4 is 19.6 Å². The number of carbonyl (C=O) groups excluding carboxylic acids is 1. The maximum Gasteiger partial charge on any atom is 0.231 e. The second-order valence-corrected chi connectivity index (χ2v) is 6.72. The minimum Gasteiger partial charge on any atom is -0.328 e. The van der Waals surface area contributed by atoms with E-state index in [-0.39, 0.29) is 11.4 Å². The highest BCUT2D eigenvalue weighted by Gasteiger charge is 2.33. The molecule has 0 aromatic heterocycles. The van der Waals surface area contributed by atoms with E-state index in [1.54, 1.807) is 0 Å². The normalized spacial score (nSPS) is 23.0. The van der Waals surface area contributed by atoms with Crippen molar-refractivity contribution in [1.29, 1.82) is 5.26 Å². The number of hydrogen-bond acceptors (Lipinski definition) is 4. The van der Waals surface area contributed by atoms with Crippen molar-refractivity contribution in [2.24, 2.45) is 0 Å². The number of nitriles is 1. The molecule has 3 rings (SSSR count). The van der Waals surface area contributed by atoms with Gasteiger partial charge in [0.25, 0.3) is 0 Å². The van der Waals surface area contributed by atoms with Crippen LogP contribution in [0.1, 0.15) is 0 Å². The fourth-order valence-corrected chi connectivity index (χ4v) is 3.58. The van der Waals surface area contributed by atoms with Gasteiger partial charge in [0.05, 0.1) is 18.4 Å². The first-order valence-corrected chi connectivity index (χ1v) is 8.42. The molecule has 0 radical (unpaired) electrons. The Hall–Kier alpha value is -2.36. The lowest BCUT2D eigenvalue weighted by Gasteiger charge is -2.27. The van der Waals surface area contributed by atoms with Crippen LogP contribution in [-0.2, 0) is 4.79 Å². The van der Waals surface area contributed by atoms with Crippen molar-refractivity contribution in [3.63, 3.8) is 0 Å². The van der Waals surface area contributed by atoms with Crippen LogP contribution in [-0.4, -0.2) is 59.7 Å². The molecule has 0 amide bonds. The van der Waals surface area contributed by atoms with Crippen molar-refractivity contribution in [2.75, 3.05) is 63.7 Å². The number of quaternary nitrogens is 2. The third-order valence-corrected chi connectivity index (χ3v) is 5.08. The first-order chi connectivity index (χ1) is 11.5. The highest BCUT2D eigenvalue weighted by atomic mass is 16.1. The number of para-hydroxylation sites is 2. The van der Waals surface area contributed by atoms with Crippen LogP contribution in [0.2, 0.25) is 0 Å². The van der Waals surface area contributed by atoms with Crippen LogP contribution >= 0.6 is 0 Å². The number of fused-ring (bicyclic) bond motifs is 1. The minimum atomic E-state index is -0.0615. The Balaban J connectivity index is 1.84. The van der Waals surface area contributed by atoms with E-state index in [0.717, 1.165) is 37.6 Å². The number of Topliss-reactive ketones (excluding diaryl/α,β-unsaturated/α-hetero) is 1. The molecule has 0 spiro atoms. The SMILES string of the molecule is CN1C(=C(C#N)C(=O)C[NH+]2CC[NH+](C)CC2)N(C)c2ccccc21. The Labute approximate surface area is 143 Å². The smallest absolute Gasteiger partial charge is 0.231 e. The van der Waals surface area contributed by atoms with Crippen molar-refractivity contribution >= 4 is 17.2 Å². The largest absolute Gasteiger partial charge is 0.328 e. The van der Waals surface area contributed by atoms with Crippen molar-refractivity contribution in [1.82, 2.24) is 0 Å². The van der Waals surface area contributed by atoms with Gasteiger partial charge < -0.3 is 19.6 Å². The summed E-state index contributed by atoms with van der Waals surface area (Å²) in [6, 6.07) is 10.1. The van der Waals surface area contributed by atoms with Gasteiger partial charge in [-0.1, -0.05) is 12.1 Å². The van der Waals surface area contributed by atoms with Gasteiger partial charge in [0.2, 0.25) is 5.78 Å². The van der Waals surface area contributed by atoms with E-state index in [2.05, 4.69) is 13.1 Å². The number of rotatable bonds is 3. The number of hydrogen-bond donors (Lipinski definition) is 2. The van der Waals surface area contributed by atoms with E-state index in [1.165, 1.54) is 9.80 Å². The number of nitrogens with one attached hydrogen (secondary N) is 2. The molecule has 1 aromatic carbocycles. The van der Waals surface area contributed by atoms with Crippen LogP contribution in [0.3, 0.4) is 0 Å². The lowest BCUT2D eigenvalue weighted by Crippen LogP contribution is -3.27. The third kappa shape index (κ3) is 2.88. The van der Waals surface area contributed by atoms with E-state index in [0.29, 0.717) is 12.4 Å². The summed E-state index contributed by atoms with van der Waals surface area (Å²) in [7, 11) is 6.00. The molecular formula is C18H25N5O+2. The number of benzene rings is 1. The maximum atomic E-state index is 12.8. The first kappa shape index (κ1) is 16.5. The second kappa shape index (κ2) is 6.63. The molecule has 0 atom stereocenters. The number of anilines is 2. The summed E-state index contributed by atoms with van der Waals surface area (Å²) >= 11 is 0. The Kier molecular flexibility index (Phi) is 4.56. The van der Waals surface area contributed by atoms with E-state index in [1.807, 2.05) is 48.2 Å². The summed E-state index contributed by atoms with van der Waals surface area (Å²) in [5.74, 6) is 0.622. The van der Waals surface area contributed by atoms with Crippen LogP contribution in [0.4, 0.5) is 11.4 Å². The molecule has 126 valence electrons. The van der Waals surface area contributed by atoms with E-state index in [4.69, 9.17) is 0 Å². The average molecular weight is 327 g/mol. The molecule has 6 nitrogen and oxygen atoms in total. The molecule has 1 fully saturated rings. The van der Waals surface area contributed by atoms with Crippen molar-refractivity contribution < 1.29 is 14.6 Å². The predicted molar refractivity (Wildman–Crippen MR) is 93.1 cm³/mol. The standard InChI is InChI=1S/C18H23N5O/c1-20-8-10-23(11-9-20)13-17(24)14(12-19)18-21(2)15-6-4-5-7-16(15)22(18)3/h4-7H,8-11,13H2,1-3H3/p+2. The van der Waals surface area contributed by atoms with Crippen molar-refractivity contribution in [2.45, 2.75) is 0 Å². The molecule has 2 heterocycles. The van der Waals surface area contributed by atoms with Gasteiger partial charge in [0.15, 0.2) is 0 Å². The summed E-state index contributed by atoms with van der Waals surface area (Å²) in [4.78, 5) is 19.5. The summed E-state index contributed by atoms with van der Waals surface area (Å²) in [6.45, 7) is 4.52. The van der Waals surface area contributed by atoms with E-state index < -0.39 is 0 Å². The molecule has 6 heteroatoms. The van der Waals surface area contributed by atoms with Crippen molar-refractivity contribution in [3.8, 4) is 6.07 Å². The zero-order valence-electron chi connectivity index (χ0n) is 14.6. The fourth-order valence-electron chi connectivity index (χ4n) is 3.58. The lowest BCUT2D eigenvalue weighted by molar-refractivity contribution is -0.999. The number of carbonyl (C=O) groups is 1. The molecule has 1 aromatic rings. The molecule has 24 heavy (non-hydrogen) atoms. The minimum absolute atomic E-state index is 0.0615. The van der Waals surface area contributed by atoms with Gasteiger partial charge in [0.1, 0.15) is 50.2 Å². The summed E-state index contributed by atoms with van der Waals surface area (Å²) < 4.78 is 0. The Morgan fingerprint density at radius 2 is 1.67 bits per heavy atom. The Morgan fingerprint density at radius 1 is 1.12 bits per heavy atom. The average Bonchev–Trinajstić information content (AvgIpc) is 2.83. The fraction of sp³-hybridized carbons (Fsp3) is 0.444. The number of ketones is 1. The summed E-state index contributed by atoms with van der Waals surface area (Å²) in [5, 5.41) is 9.65.